The van der Waals surface area contributed by atoms with Gasteiger partial charge in [-0.05, 0) is 91.5 Å². The molecule has 10 aromatic carbocycles. The molecule has 12 rings (SSSR count). The predicted octanol–water partition coefficient (Wildman–Crippen LogP) is 12.6. The van der Waals surface area contributed by atoms with Gasteiger partial charge < -0.3 is 9.13 Å². The number of nitrogens with zero attached hydrogens (tertiary/aromatic N) is 2. The molecule has 12 aromatic rings. The molecule has 0 unspecified atom stereocenters. The zero-order chi connectivity index (χ0) is 46.1. The Balaban J connectivity index is 1.12. The lowest BCUT2D eigenvalue weighted by atomic mass is 10.1. The Morgan fingerprint density at radius 1 is 0.286 bits per heavy atom. The molecule has 0 radical (unpaired) electrons. The van der Waals surface area contributed by atoms with E-state index in [1.165, 1.54) is 43.0 Å². The van der Waals surface area contributed by atoms with Crippen LogP contribution in [0.4, 0.5) is 0 Å². The van der Waals surface area contributed by atoms with E-state index in [0.717, 1.165) is 49.3 Å². The van der Waals surface area contributed by atoms with E-state index in [4.69, 9.17) is 6.85 Å². The standard InChI is InChI=1S/C60H42N2Si/c1-5-19-43(20-6-1)45-23-17-29-50(39-45)63(49-27-11-4-12-28-49,51-30-18-24-46(40-51)44-21-7-2-8-22-44)52-36-38-60-56(42-52)54-32-14-16-34-58(54)62(60)48-35-37-59-55(41-48)53-31-13-15-33-57(53)61(59)47-25-9-3-10-26-47/h1-42H/i3D,9D,10D,25D,26D. The van der Waals surface area contributed by atoms with Gasteiger partial charge in [0.25, 0.3) is 0 Å². The Hall–Kier alpha value is -7.98. The summed E-state index contributed by atoms with van der Waals surface area (Å²) in [6.07, 6.45) is 0. The lowest BCUT2D eigenvalue weighted by Gasteiger charge is -2.35. The fourth-order valence-electron chi connectivity index (χ4n) is 9.99. The molecule has 0 aliphatic rings. The quantitative estimate of drug-likeness (QED) is 0.107. The zero-order valence-electron chi connectivity index (χ0n) is 39.3. The minimum atomic E-state index is -3.10. The number of aromatic nitrogens is 2. The second-order valence-corrected chi connectivity index (χ2v) is 19.9. The summed E-state index contributed by atoms with van der Waals surface area (Å²) >= 11 is 0. The Morgan fingerprint density at radius 3 is 1.30 bits per heavy atom. The van der Waals surface area contributed by atoms with Crippen LogP contribution in [0.25, 0.3) is 77.2 Å². The lowest BCUT2D eigenvalue weighted by molar-refractivity contribution is 1.17. The first-order chi connectivity index (χ1) is 33.3. The first-order valence-electron chi connectivity index (χ1n) is 23.8. The summed E-state index contributed by atoms with van der Waals surface area (Å²) in [5.74, 6) is 0. The smallest absolute Gasteiger partial charge is 0.179 e. The van der Waals surface area contributed by atoms with Crippen LogP contribution >= 0.6 is 0 Å². The van der Waals surface area contributed by atoms with Gasteiger partial charge in [-0.1, -0.05) is 206 Å². The number of fused-ring (bicyclic) bond motifs is 6. The minimum Gasteiger partial charge on any atom is -0.309 e. The van der Waals surface area contributed by atoms with Crippen LogP contribution in [0.2, 0.25) is 0 Å². The average molecular weight is 824 g/mol. The molecule has 0 saturated carbocycles. The highest BCUT2D eigenvalue weighted by molar-refractivity contribution is 7.20. The van der Waals surface area contributed by atoms with Crippen LogP contribution in [0, 0.1) is 0 Å². The van der Waals surface area contributed by atoms with Crippen molar-refractivity contribution < 1.29 is 6.85 Å². The maximum absolute atomic E-state index is 8.93. The van der Waals surface area contributed by atoms with Crippen LogP contribution in [-0.2, 0) is 0 Å². The van der Waals surface area contributed by atoms with Gasteiger partial charge in [0.15, 0.2) is 8.07 Å². The van der Waals surface area contributed by atoms with E-state index in [0.29, 0.717) is 0 Å². The first-order valence-corrected chi connectivity index (χ1v) is 23.3. The largest absolute Gasteiger partial charge is 0.309 e. The molecule has 2 nitrogen and oxygen atoms in total. The molecule has 0 fully saturated rings. The molecule has 0 amide bonds. The lowest BCUT2D eigenvalue weighted by Crippen LogP contribution is -2.74. The molecular formula is C60H42N2Si. The average Bonchev–Trinajstić information content (AvgIpc) is 3.91. The highest BCUT2D eigenvalue weighted by Gasteiger charge is 2.42. The molecular weight excluding hydrogens is 777 g/mol. The third-order valence-corrected chi connectivity index (χ3v) is 17.5. The van der Waals surface area contributed by atoms with Gasteiger partial charge in [-0.25, -0.2) is 0 Å². The van der Waals surface area contributed by atoms with Crippen molar-refractivity contribution >= 4 is 72.4 Å². The van der Waals surface area contributed by atoms with Crippen molar-refractivity contribution in [2.45, 2.75) is 0 Å². The van der Waals surface area contributed by atoms with Crippen LogP contribution < -0.4 is 20.7 Å². The Morgan fingerprint density at radius 2 is 0.714 bits per heavy atom. The van der Waals surface area contributed by atoms with Gasteiger partial charge >= 0.3 is 0 Å². The van der Waals surface area contributed by atoms with Gasteiger partial charge in [-0.2, -0.15) is 0 Å². The monoisotopic (exact) mass is 823 g/mol. The van der Waals surface area contributed by atoms with E-state index >= 15 is 0 Å². The minimum absolute atomic E-state index is 0.133. The molecule has 0 bridgehead atoms. The molecule has 63 heavy (non-hydrogen) atoms. The van der Waals surface area contributed by atoms with Crippen molar-refractivity contribution in [1.29, 1.82) is 0 Å². The predicted molar refractivity (Wildman–Crippen MR) is 270 cm³/mol. The fourth-order valence-corrected chi connectivity index (χ4v) is 14.8. The first kappa shape index (κ1) is 31.8. The van der Waals surface area contributed by atoms with Crippen molar-refractivity contribution in [3.8, 4) is 33.6 Å². The molecule has 296 valence electrons. The summed E-state index contributed by atoms with van der Waals surface area (Å²) in [5, 5.41) is 9.27. The van der Waals surface area contributed by atoms with Gasteiger partial charge in [0.1, 0.15) is 0 Å². The molecule has 0 aliphatic carbocycles. The number of benzene rings is 10. The van der Waals surface area contributed by atoms with E-state index in [1.54, 1.807) is 0 Å². The van der Waals surface area contributed by atoms with Gasteiger partial charge in [0, 0.05) is 32.9 Å². The van der Waals surface area contributed by atoms with Gasteiger partial charge in [-0.3, -0.25) is 0 Å². The Kier molecular flexibility index (Phi) is 7.67. The van der Waals surface area contributed by atoms with Crippen LogP contribution in [0.5, 0.6) is 0 Å². The molecule has 2 aromatic heterocycles. The molecule has 0 atom stereocenters. The van der Waals surface area contributed by atoms with Crippen molar-refractivity contribution in [2.24, 2.45) is 0 Å². The third kappa shape index (κ3) is 6.00. The zero-order valence-corrected chi connectivity index (χ0v) is 35.3. The van der Waals surface area contributed by atoms with Crippen molar-refractivity contribution in [2.75, 3.05) is 0 Å². The van der Waals surface area contributed by atoms with Crippen molar-refractivity contribution in [3.05, 3.63) is 255 Å². The maximum Gasteiger partial charge on any atom is 0.179 e. The van der Waals surface area contributed by atoms with E-state index < -0.39 is 14.1 Å². The van der Waals surface area contributed by atoms with E-state index in [1.807, 2.05) is 34.9 Å². The van der Waals surface area contributed by atoms with E-state index in [-0.39, 0.29) is 29.9 Å². The highest BCUT2D eigenvalue weighted by atomic mass is 28.3. The summed E-state index contributed by atoms with van der Waals surface area (Å²) in [4.78, 5) is 0. The number of para-hydroxylation sites is 3. The molecule has 0 N–H and O–H groups in total. The van der Waals surface area contributed by atoms with Crippen molar-refractivity contribution in [1.82, 2.24) is 9.13 Å². The number of rotatable bonds is 8. The summed E-state index contributed by atoms with van der Waals surface area (Å²) in [7, 11) is -3.10. The molecule has 0 saturated heterocycles. The summed E-state index contributed by atoms with van der Waals surface area (Å²) < 4.78 is 47.3. The van der Waals surface area contributed by atoms with Gasteiger partial charge in [0.05, 0.1) is 28.9 Å². The molecule has 0 aliphatic heterocycles. The van der Waals surface area contributed by atoms with Crippen LogP contribution in [0.1, 0.15) is 6.85 Å². The highest BCUT2D eigenvalue weighted by Crippen LogP contribution is 2.37. The normalized spacial score (nSPS) is 12.9. The summed E-state index contributed by atoms with van der Waals surface area (Å²) in [6.45, 7) is 0. The van der Waals surface area contributed by atoms with Crippen LogP contribution in [0.15, 0.2) is 255 Å². The van der Waals surface area contributed by atoms with E-state index in [2.05, 4.69) is 199 Å². The van der Waals surface area contributed by atoms with Gasteiger partial charge in [0.2, 0.25) is 0 Å². The van der Waals surface area contributed by atoms with Crippen LogP contribution in [-0.4, -0.2) is 17.2 Å². The Labute approximate surface area is 375 Å². The number of hydrogen-bond acceptors (Lipinski definition) is 0. The van der Waals surface area contributed by atoms with Gasteiger partial charge in [-0.15, -0.1) is 0 Å². The number of hydrogen-bond donors (Lipinski definition) is 0. The molecule has 3 heteroatoms. The Bertz CT molecular complexity index is 3810. The second kappa shape index (κ2) is 15.2. The summed E-state index contributed by atoms with van der Waals surface area (Å²) in [5.41, 5.74) is 9.45. The maximum atomic E-state index is 8.93. The SMILES string of the molecule is [2H]c1c([2H])c([2H])c(-n2c3ccccc3c3cc(-n4c5ccccc5c5cc([Si](c6ccccc6)(c6cccc(-c7ccccc7)c6)c6cccc(-c7ccccc7)c6)ccc54)ccc32)c([2H])c1[2H]. The molecule has 2 heterocycles. The topological polar surface area (TPSA) is 9.86 Å². The second-order valence-electron chi connectivity index (χ2n) is 16.1. The third-order valence-electron chi connectivity index (χ3n) is 12.7. The van der Waals surface area contributed by atoms with E-state index in [9.17, 15) is 0 Å². The van der Waals surface area contributed by atoms with Crippen LogP contribution in [0.3, 0.4) is 0 Å². The molecule has 0 spiro atoms. The summed E-state index contributed by atoms with van der Waals surface area (Å²) in [6, 6.07) is 79.1. The van der Waals surface area contributed by atoms with Crippen molar-refractivity contribution in [3.63, 3.8) is 0 Å². The fraction of sp³-hybridized carbons (Fsp3) is 0.